The van der Waals surface area contributed by atoms with Crippen molar-refractivity contribution in [2.75, 3.05) is 5.32 Å². The van der Waals surface area contributed by atoms with Gasteiger partial charge in [0.15, 0.2) is 0 Å². The molecule has 0 aliphatic carbocycles. The van der Waals surface area contributed by atoms with Gasteiger partial charge in [0.1, 0.15) is 5.82 Å². The van der Waals surface area contributed by atoms with Gasteiger partial charge in [-0.25, -0.2) is 4.68 Å². The van der Waals surface area contributed by atoms with E-state index in [0.29, 0.717) is 13.0 Å². The van der Waals surface area contributed by atoms with E-state index < -0.39 is 0 Å². The lowest BCUT2D eigenvalue weighted by atomic mass is 10.3. The second-order valence-electron chi connectivity index (χ2n) is 4.87. The Morgan fingerprint density at radius 2 is 2.20 bits per heavy atom. The van der Waals surface area contributed by atoms with Gasteiger partial charge in [-0.1, -0.05) is 13.3 Å². The lowest BCUT2D eigenvalue weighted by Gasteiger charge is -2.08. The highest BCUT2D eigenvalue weighted by atomic mass is 16.1. The number of anilines is 1. The van der Waals surface area contributed by atoms with Gasteiger partial charge in [-0.3, -0.25) is 9.48 Å². The van der Waals surface area contributed by atoms with Crippen LogP contribution in [0, 0.1) is 6.92 Å². The monoisotopic (exact) mass is 275 g/mol. The number of unbranched alkanes of at least 4 members (excludes halogenated alkanes) is 1. The number of aryl methyl sites for hydroxylation is 3. The quantitative estimate of drug-likeness (QED) is 0.842. The van der Waals surface area contributed by atoms with Crippen LogP contribution in [-0.4, -0.2) is 25.5 Å². The molecule has 1 N–H and O–H groups in total. The molecule has 0 aliphatic rings. The third-order valence-electron chi connectivity index (χ3n) is 3.04. The van der Waals surface area contributed by atoms with Crippen molar-refractivity contribution in [2.45, 2.75) is 46.2 Å². The topological polar surface area (TPSA) is 64.7 Å². The lowest BCUT2D eigenvalue weighted by molar-refractivity contribution is -0.116. The first kappa shape index (κ1) is 14.3. The van der Waals surface area contributed by atoms with E-state index in [1.165, 1.54) is 0 Å². The number of carbonyl (C=O) groups is 1. The molecule has 0 atom stereocenters. The van der Waals surface area contributed by atoms with E-state index in [4.69, 9.17) is 0 Å². The third kappa shape index (κ3) is 3.94. The molecule has 0 bridgehead atoms. The summed E-state index contributed by atoms with van der Waals surface area (Å²) in [5, 5.41) is 11.3. The summed E-state index contributed by atoms with van der Waals surface area (Å²) in [4.78, 5) is 11.9. The minimum Gasteiger partial charge on any atom is -0.311 e. The van der Waals surface area contributed by atoms with Gasteiger partial charge in [0.2, 0.25) is 5.91 Å². The standard InChI is InChI=1S/C14H21N5O/c1-3-4-8-19-13(5-7-15-19)17-14(20)6-9-18-11-12(2)10-16-18/h5,7,10-11H,3-4,6,8-9H2,1-2H3,(H,17,20). The predicted octanol–water partition coefficient (Wildman–Crippen LogP) is 2.22. The Morgan fingerprint density at radius 1 is 1.35 bits per heavy atom. The number of hydrogen-bond donors (Lipinski definition) is 1. The van der Waals surface area contributed by atoms with Crippen molar-refractivity contribution < 1.29 is 4.79 Å². The number of nitrogens with zero attached hydrogens (tertiary/aromatic N) is 4. The largest absolute Gasteiger partial charge is 0.311 e. The summed E-state index contributed by atoms with van der Waals surface area (Å²) < 4.78 is 3.61. The molecule has 0 spiro atoms. The van der Waals surface area contributed by atoms with E-state index in [-0.39, 0.29) is 5.91 Å². The maximum absolute atomic E-state index is 11.9. The van der Waals surface area contributed by atoms with Gasteiger partial charge in [0.05, 0.1) is 12.4 Å². The van der Waals surface area contributed by atoms with Gasteiger partial charge in [0.25, 0.3) is 0 Å². The van der Waals surface area contributed by atoms with Crippen molar-refractivity contribution in [3.63, 3.8) is 0 Å². The van der Waals surface area contributed by atoms with Gasteiger partial charge < -0.3 is 5.32 Å². The van der Waals surface area contributed by atoms with Crippen LogP contribution in [-0.2, 0) is 17.9 Å². The fraction of sp³-hybridized carbons (Fsp3) is 0.500. The van der Waals surface area contributed by atoms with E-state index >= 15 is 0 Å². The molecule has 1 amide bonds. The molecule has 6 nitrogen and oxygen atoms in total. The molecular weight excluding hydrogens is 254 g/mol. The average Bonchev–Trinajstić information content (AvgIpc) is 3.03. The van der Waals surface area contributed by atoms with Crippen LogP contribution >= 0.6 is 0 Å². The molecular formula is C14H21N5O. The highest BCUT2D eigenvalue weighted by Crippen LogP contribution is 2.08. The lowest BCUT2D eigenvalue weighted by Crippen LogP contribution is -2.17. The number of hydrogen-bond acceptors (Lipinski definition) is 3. The van der Waals surface area contributed by atoms with E-state index in [9.17, 15) is 4.79 Å². The van der Waals surface area contributed by atoms with Crippen molar-refractivity contribution in [1.29, 1.82) is 0 Å². The second kappa shape index (κ2) is 6.88. The highest BCUT2D eigenvalue weighted by Gasteiger charge is 2.07. The summed E-state index contributed by atoms with van der Waals surface area (Å²) in [6, 6.07) is 1.83. The summed E-state index contributed by atoms with van der Waals surface area (Å²) in [5.74, 6) is 0.747. The zero-order valence-corrected chi connectivity index (χ0v) is 12.0. The van der Waals surface area contributed by atoms with Gasteiger partial charge in [-0.2, -0.15) is 10.2 Å². The Morgan fingerprint density at radius 3 is 2.90 bits per heavy atom. The van der Waals surface area contributed by atoms with E-state index in [2.05, 4.69) is 22.4 Å². The Kier molecular flexibility index (Phi) is 4.92. The predicted molar refractivity (Wildman–Crippen MR) is 77.3 cm³/mol. The molecule has 0 aliphatic heterocycles. The SMILES string of the molecule is CCCCn1nccc1NC(=O)CCn1cc(C)cn1. The summed E-state index contributed by atoms with van der Waals surface area (Å²) in [6.45, 7) is 5.53. The zero-order valence-electron chi connectivity index (χ0n) is 12.0. The maximum atomic E-state index is 11.9. The van der Waals surface area contributed by atoms with Crippen molar-refractivity contribution in [3.8, 4) is 0 Å². The van der Waals surface area contributed by atoms with Gasteiger partial charge in [-0.05, 0) is 18.9 Å². The molecule has 2 aromatic heterocycles. The zero-order chi connectivity index (χ0) is 14.4. The minimum absolute atomic E-state index is 0.0172. The van der Waals surface area contributed by atoms with E-state index in [1.54, 1.807) is 17.1 Å². The first-order valence-corrected chi connectivity index (χ1v) is 6.99. The van der Waals surface area contributed by atoms with Crippen molar-refractivity contribution in [2.24, 2.45) is 0 Å². The number of nitrogens with one attached hydrogen (secondary N) is 1. The molecule has 0 radical (unpaired) electrons. The molecule has 0 saturated heterocycles. The Balaban J connectivity index is 1.83. The first-order valence-electron chi connectivity index (χ1n) is 6.99. The van der Waals surface area contributed by atoms with Gasteiger partial charge in [-0.15, -0.1) is 0 Å². The van der Waals surface area contributed by atoms with Crippen LogP contribution in [0.15, 0.2) is 24.7 Å². The maximum Gasteiger partial charge on any atom is 0.227 e. The van der Waals surface area contributed by atoms with E-state index in [0.717, 1.165) is 30.8 Å². The van der Waals surface area contributed by atoms with Crippen LogP contribution in [0.5, 0.6) is 0 Å². The molecule has 0 aromatic carbocycles. The number of amides is 1. The Bertz CT molecular complexity index is 557. The molecule has 0 saturated carbocycles. The van der Waals surface area contributed by atoms with Crippen LogP contribution < -0.4 is 5.32 Å². The normalized spacial score (nSPS) is 10.7. The molecule has 20 heavy (non-hydrogen) atoms. The smallest absolute Gasteiger partial charge is 0.227 e. The summed E-state index contributed by atoms with van der Waals surface area (Å²) >= 11 is 0. The minimum atomic E-state index is -0.0172. The number of carbonyl (C=O) groups excluding carboxylic acids is 1. The summed E-state index contributed by atoms with van der Waals surface area (Å²) in [6.07, 6.45) is 7.99. The first-order chi connectivity index (χ1) is 9.69. The molecule has 0 unspecified atom stereocenters. The Hall–Kier alpha value is -2.11. The van der Waals surface area contributed by atoms with E-state index in [1.807, 2.05) is 23.9 Å². The van der Waals surface area contributed by atoms with Crippen LogP contribution in [0.3, 0.4) is 0 Å². The van der Waals surface area contributed by atoms with Crippen LogP contribution in [0.4, 0.5) is 5.82 Å². The molecule has 2 heterocycles. The molecule has 2 aromatic rings. The second-order valence-corrected chi connectivity index (χ2v) is 4.87. The van der Waals surface area contributed by atoms with Crippen LogP contribution in [0.1, 0.15) is 31.7 Å². The van der Waals surface area contributed by atoms with Crippen molar-refractivity contribution in [1.82, 2.24) is 19.6 Å². The molecule has 0 fully saturated rings. The number of rotatable bonds is 7. The average molecular weight is 275 g/mol. The van der Waals surface area contributed by atoms with Crippen LogP contribution in [0.2, 0.25) is 0 Å². The summed E-state index contributed by atoms with van der Waals surface area (Å²) in [5.41, 5.74) is 1.10. The highest BCUT2D eigenvalue weighted by molar-refractivity contribution is 5.89. The van der Waals surface area contributed by atoms with Crippen molar-refractivity contribution in [3.05, 3.63) is 30.2 Å². The van der Waals surface area contributed by atoms with Crippen LogP contribution in [0.25, 0.3) is 0 Å². The number of aromatic nitrogens is 4. The fourth-order valence-electron chi connectivity index (χ4n) is 1.94. The summed E-state index contributed by atoms with van der Waals surface area (Å²) in [7, 11) is 0. The van der Waals surface area contributed by atoms with Gasteiger partial charge >= 0.3 is 0 Å². The van der Waals surface area contributed by atoms with Gasteiger partial charge in [0, 0.05) is 31.8 Å². The fourth-order valence-corrected chi connectivity index (χ4v) is 1.94. The Labute approximate surface area is 118 Å². The molecule has 6 heteroatoms. The third-order valence-corrected chi connectivity index (χ3v) is 3.04. The molecule has 108 valence electrons. The molecule has 2 rings (SSSR count). The van der Waals surface area contributed by atoms with Crippen molar-refractivity contribution >= 4 is 11.7 Å².